The molecule has 2 atom stereocenters. The standard InChI is InChI=1S/C13H15NO3S/c1-8-3-5-10(6-4-8)12-14(9(2)15)11(7-18-12)13(16)17/h3-6,11-12H,7H2,1-2H3,(H,16,17)/p-1/t11-,12-/m0/s1. The van der Waals surface area contributed by atoms with E-state index in [0.717, 1.165) is 11.1 Å². The van der Waals surface area contributed by atoms with Gasteiger partial charge >= 0.3 is 0 Å². The van der Waals surface area contributed by atoms with Gasteiger partial charge in [-0.1, -0.05) is 29.8 Å². The van der Waals surface area contributed by atoms with E-state index in [-0.39, 0.29) is 11.3 Å². The van der Waals surface area contributed by atoms with E-state index >= 15 is 0 Å². The Morgan fingerprint density at radius 2 is 1.94 bits per heavy atom. The van der Waals surface area contributed by atoms with Crippen LogP contribution in [0, 0.1) is 6.92 Å². The smallest absolute Gasteiger partial charge is 0.221 e. The molecule has 1 aliphatic rings. The zero-order valence-electron chi connectivity index (χ0n) is 10.3. The fourth-order valence-electron chi connectivity index (χ4n) is 2.06. The highest BCUT2D eigenvalue weighted by atomic mass is 32.2. The van der Waals surface area contributed by atoms with Crippen LogP contribution < -0.4 is 5.11 Å². The fourth-order valence-corrected chi connectivity index (χ4v) is 3.53. The largest absolute Gasteiger partial charge is 0.548 e. The van der Waals surface area contributed by atoms with Crippen LogP contribution in [-0.4, -0.2) is 28.6 Å². The highest BCUT2D eigenvalue weighted by Gasteiger charge is 2.37. The van der Waals surface area contributed by atoms with E-state index in [1.807, 2.05) is 31.2 Å². The molecule has 1 aromatic carbocycles. The van der Waals surface area contributed by atoms with Crippen molar-refractivity contribution in [1.82, 2.24) is 4.90 Å². The molecular weight excluding hydrogens is 250 g/mol. The molecule has 0 spiro atoms. The van der Waals surface area contributed by atoms with Crippen LogP contribution in [0.4, 0.5) is 0 Å². The Kier molecular flexibility index (Phi) is 3.61. The van der Waals surface area contributed by atoms with Crippen LogP contribution in [0.5, 0.6) is 0 Å². The van der Waals surface area contributed by atoms with Gasteiger partial charge in [-0.3, -0.25) is 4.79 Å². The Morgan fingerprint density at radius 3 is 2.44 bits per heavy atom. The molecule has 2 rings (SSSR count). The topological polar surface area (TPSA) is 60.4 Å². The Morgan fingerprint density at radius 1 is 1.33 bits per heavy atom. The molecule has 0 aliphatic carbocycles. The first-order chi connectivity index (χ1) is 8.50. The molecule has 96 valence electrons. The lowest BCUT2D eigenvalue weighted by Crippen LogP contribution is -2.48. The Labute approximate surface area is 110 Å². The van der Waals surface area contributed by atoms with E-state index in [2.05, 4.69) is 0 Å². The maximum absolute atomic E-state index is 11.6. The number of aryl methyl sites for hydroxylation is 1. The van der Waals surface area contributed by atoms with Crippen LogP contribution in [0.2, 0.25) is 0 Å². The summed E-state index contributed by atoms with van der Waals surface area (Å²) >= 11 is 1.46. The quantitative estimate of drug-likeness (QED) is 0.789. The molecule has 5 heteroatoms. The van der Waals surface area contributed by atoms with Gasteiger partial charge in [0.05, 0.1) is 12.0 Å². The van der Waals surface area contributed by atoms with Crippen molar-refractivity contribution in [3.63, 3.8) is 0 Å². The number of rotatable bonds is 2. The minimum Gasteiger partial charge on any atom is -0.548 e. The summed E-state index contributed by atoms with van der Waals surface area (Å²) < 4.78 is 0. The molecule has 0 N–H and O–H groups in total. The molecule has 0 unspecified atom stereocenters. The second kappa shape index (κ2) is 5.02. The number of carbonyl (C=O) groups excluding carboxylic acids is 2. The molecule has 4 nitrogen and oxygen atoms in total. The number of nitrogens with zero attached hydrogens (tertiary/aromatic N) is 1. The summed E-state index contributed by atoms with van der Waals surface area (Å²) in [6.07, 6.45) is 0. The van der Waals surface area contributed by atoms with Gasteiger partial charge in [0.15, 0.2) is 0 Å². The number of carboxylic acids is 1. The summed E-state index contributed by atoms with van der Waals surface area (Å²) in [4.78, 5) is 24.1. The molecule has 1 heterocycles. The number of thioether (sulfide) groups is 1. The van der Waals surface area contributed by atoms with E-state index in [1.165, 1.54) is 23.6 Å². The Hall–Kier alpha value is -1.49. The zero-order chi connectivity index (χ0) is 13.3. The van der Waals surface area contributed by atoms with Crippen LogP contribution in [0.15, 0.2) is 24.3 Å². The third-order valence-corrected chi connectivity index (χ3v) is 4.32. The summed E-state index contributed by atoms with van der Waals surface area (Å²) in [6, 6.07) is 6.95. The summed E-state index contributed by atoms with van der Waals surface area (Å²) in [5, 5.41) is 10.8. The predicted molar refractivity (Wildman–Crippen MR) is 67.7 cm³/mol. The summed E-state index contributed by atoms with van der Waals surface area (Å²) in [7, 11) is 0. The SMILES string of the molecule is CC(=O)N1[C@H](C(=O)[O-])CS[C@H]1c1ccc(C)cc1. The first-order valence-electron chi connectivity index (χ1n) is 5.68. The van der Waals surface area contributed by atoms with Gasteiger partial charge in [-0.05, 0) is 12.5 Å². The van der Waals surface area contributed by atoms with Crippen molar-refractivity contribution in [3.8, 4) is 0 Å². The number of benzene rings is 1. The number of aliphatic carboxylic acids is 1. The van der Waals surface area contributed by atoms with E-state index in [1.54, 1.807) is 0 Å². The number of carboxylic acid groups (broad SMARTS) is 1. The maximum atomic E-state index is 11.6. The van der Waals surface area contributed by atoms with Gasteiger partial charge in [-0.2, -0.15) is 0 Å². The highest BCUT2D eigenvalue weighted by molar-refractivity contribution is 7.99. The van der Waals surface area contributed by atoms with E-state index in [9.17, 15) is 14.7 Å². The molecule has 1 fully saturated rings. The van der Waals surface area contributed by atoms with Crippen LogP contribution in [0.3, 0.4) is 0 Å². The molecule has 1 amide bonds. The molecule has 1 aromatic rings. The van der Waals surface area contributed by atoms with Gasteiger partial charge in [0.25, 0.3) is 0 Å². The summed E-state index contributed by atoms with van der Waals surface area (Å²) in [5.74, 6) is -1.05. The van der Waals surface area contributed by atoms with Crippen LogP contribution in [0.25, 0.3) is 0 Å². The molecular formula is C13H14NO3S-. The van der Waals surface area contributed by atoms with Crippen molar-refractivity contribution in [3.05, 3.63) is 35.4 Å². The number of hydrogen-bond acceptors (Lipinski definition) is 4. The first kappa shape index (κ1) is 13.0. The maximum Gasteiger partial charge on any atom is 0.221 e. The molecule has 1 aliphatic heterocycles. The van der Waals surface area contributed by atoms with Crippen molar-refractivity contribution in [2.75, 3.05) is 5.75 Å². The van der Waals surface area contributed by atoms with E-state index < -0.39 is 12.0 Å². The van der Waals surface area contributed by atoms with Gasteiger partial charge in [0.2, 0.25) is 5.91 Å². The molecule has 18 heavy (non-hydrogen) atoms. The molecule has 0 bridgehead atoms. The van der Waals surface area contributed by atoms with Gasteiger partial charge in [0.1, 0.15) is 5.37 Å². The van der Waals surface area contributed by atoms with Crippen molar-refractivity contribution in [2.45, 2.75) is 25.3 Å². The molecule has 0 aromatic heterocycles. The fraction of sp³-hybridized carbons (Fsp3) is 0.385. The minimum atomic E-state index is -1.19. The van der Waals surface area contributed by atoms with Gasteiger partial charge in [-0.25, -0.2) is 0 Å². The third-order valence-electron chi connectivity index (χ3n) is 3.00. The van der Waals surface area contributed by atoms with Crippen LogP contribution >= 0.6 is 11.8 Å². The lowest BCUT2D eigenvalue weighted by Gasteiger charge is -2.29. The first-order valence-corrected chi connectivity index (χ1v) is 6.73. The van der Waals surface area contributed by atoms with Gasteiger partial charge in [-0.15, -0.1) is 11.8 Å². The van der Waals surface area contributed by atoms with Gasteiger partial charge in [0, 0.05) is 12.7 Å². The normalized spacial score (nSPS) is 23.1. The third kappa shape index (κ3) is 2.36. The van der Waals surface area contributed by atoms with E-state index in [0.29, 0.717) is 5.75 Å². The van der Waals surface area contributed by atoms with Crippen LogP contribution in [0.1, 0.15) is 23.4 Å². The van der Waals surface area contributed by atoms with Crippen molar-refractivity contribution in [2.24, 2.45) is 0 Å². The van der Waals surface area contributed by atoms with Crippen LogP contribution in [-0.2, 0) is 9.59 Å². The minimum absolute atomic E-state index is 0.231. The summed E-state index contributed by atoms with van der Waals surface area (Å²) in [6.45, 7) is 3.38. The number of carbonyl (C=O) groups is 2. The summed E-state index contributed by atoms with van der Waals surface area (Å²) in [5.41, 5.74) is 2.08. The molecule has 0 saturated carbocycles. The molecule has 0 radical (unpaired) electrons. The van der Waals surface area contributed by atoms with Gasteiger partial charge < -0.3 is 14.8 Å². The average Bonchev–Trinajstić information content (AvgIpc) is 2.74. The van der Waals surface area contributed by atoms with E-state index in [4.69, 9.17) is 0 Å². The monoisotopic (exact) mass is 264 g/mol. The zero-order valence-corrected chi connectivity index (χ0v) is 11.1. The Balaban J connectivity index is 2.30. The van der Waals surface area contributed by atoms with Crippen molar-refractivity contribution < 1.29 is 14.7 Å². The number of hydrogen-bond donors (Lipinski definition) is 0. The average molecular weight is 264 g/mol. The lowest BCUT2D eigenvalue weighted by atomic mass is 10.1. The van der Waals surface area contributed by atoms with Crippen molar-refractivity contribution in [1.29, 1.82) is 0 Å². The molecule has 1 saturated heterocycles. The van der Waals surface area contributed by atoms with Crippen molar-refractivity contribution >= 4 is 23.6 Å². The number of amides is 1. The lowest BCUT2D eigenvalue weighted by molar-refractivity contribution is -0.310. The second-order valence-electron chi connectivity index (χ2n) is 4.36. The predicted octanol–water partition coefficient (Wildman–Crippen LogP) is 0.707. The Bertz CT molecular complexity index is 472. The second-order valence-corrected chi connectivity index (χ2v) is 5.47. The highest BCUT2D eigenvalue weighted by Crippen LogP contribution is 2.41.